The summed E-state index contributed by atoms with van der Waals surface area (Å²) in [5.74, 6) is 0. The lowest BCUT2D eigenvalue weighted by molar-refractivity contribution is 1.15. The zero-order valence-corrected chi connectivity index (χ0v) is 72.3. The first-order chi connectivity index (χ1) is 59.7. The molecule has 0 heteroatoms. The van der Waals surface area contributed by atoms with Gasteiger partial charge in [0.05, 0.1) is 0 Å². The summed E-state index contributed by atoms with van der Waals surface area (Å²) in [6.45, 7) is 26.6. The van der Waals surface area contributed by atoms with Crippen LogP contribution in [0.5, 0.6) is 0 Å². The molecule has 0 bridgehead atoms. The van der Waals surface area contributed by atoms with Gasteiger partial charge in [0.2, 0.25) is 0 Å². The van der Waals surface area contributed by atoms with E-state index in [-0.39, 0.29) is 0 Å². The van der Waals surface area contributed by atoms with Crippen molar-refractivity contribution in [2.45, 2.75) is 122 Å². The lowest BCUT2D eigenvalue weighted by atomic mass is 9.87. The van der Waals surface area contributed by atoms with Crippen LogP contribution in [0.3, 0.4) is 0 Å². The highest BCUT2D eigenvalue weighted by molar-refractivity contribution is 6.36. The second kappa shape index (κ2) is 30.3. The minimum atomic E-state index is 1.07. The molecule has 0 saturated heterocycles. The second-order valence-corrected chi connectivity index (χ2v) is 34.7. The van der Waals surface area contributed by atoms with Gasteiger partial charge in [0.25, 0.3) is 0 Å². The van der Waals surface area contributed by atoms with Gasteiger partial charge in [-0.1, -0.05) is 357 Å². The van der Waals surface area contributed by atoms with Gasteiger partial charge in [-0.25, -0.2) is 0 Å². The molecular weight excluding hydrogens is 1470 g/mol. The van der Waals surface area contributed by atoms with Crippen molar-refractivity contribution >= 4 is 215 Å². The molecule has 0 unspecified atom stereocenters. The van der Waals surface area contributed by atoms with E-state index in [0.717, 1.165) is 38.5 Å². The van der Waals surface area contributed by atoms with Gasteiger partial charge in [-0.3, -0.25) is 0 Å². The van der Waals surface area contributed by atoms with E-state index in [2.05, 4.69) is 399 Å². The molecule has 588 valence electrons. The van der Waals surface area contributed by atoms with Gasteiger partial charge >= 0.3 is 0 Å². The smallest absolute Gasteiger partial charge is 0.00214 e. The van der Waals surface area contributed by atoms with Crippen LogP contribution >= 0.6 is 0 Å². The van der Waals surface area contributed by atoms with Crippen molar-refractivity contribution in [3.8, 4) is 0 Å². The summed E-state index contributed by atoms with van der Waals surface area (Å²) in [4.78, 5) is 0. The van der Waals surface area contributed by atoms with Gasteiger partial charge in [0.1, 0.15) is 0 Å². The van der Waals surface area contributed by atoms with Crippen LogP contribution < -0.4 is 0 Å². The summed E-state index contributed by atoms with van der Waals surface area (Å²) in [6.07, 6.45) is 6.52. The van der Waals surface area contributed by atoms with Gasteiger partial charge in [-0.15, -0.1) is 0 Å². The number of rotatable bonds is 6. The largest absolute Gasteiger partial charge is 0.0613 e. The fourth-order valence-corrected chi connectivity index (χ4v) is 21.7. The third-order valence-corrected chi connectivity index (χ3v) is 27.9. The van der Waals surface area contributed by atoms with Crippen LogP contribution in [-0.4, -0.2) is 0 Å². The van der Waals surface area contributed by atoms with E-state index >= 15 is 0 Å². The topological polar surface area (TPSA) is 0 Å². The molecule has 26 aromatic carbocycles. The third kappa shape index (κ3) is 12.1. The highest BCUT2D eigenvalue weighted by Gasteiger charge is 2.21. The van der Waals surface area contributed by atoms with Gasteiger partial charge in [-0.05, 0) is 362 Å². The van der Waals surface area contributed by atoms with E-state index in [4.69, 9.17) is 0 Å². The van der Waals surface area contributed by atoms with Crippen molar-refractivity contribution in [1.29, 1.82) is 0 Å². The lowest BCUT2D eigenvalue weighted by Crippen LogP contribution is -1.91. The zero-order chi connectivity index (χ0) is 83.0. The van der Waals surface area contributed by atoms with E-state index in [1.165, 1.54) is 282 Å². The van der Waals surface area contributed by atoms with Crippen molar-refractivity contribution in [2.75, 3.05) is 0 Å². The van der Waals surface area contributed by atoms with Gasteiger partial charge in [0, 0.05) is 0 Å². The average molecular weight is 1570 g/mol. The Bertz CT molecular complexity index is 8170. The molecule has 0 fully saturated rings. The van der Waals surface area contributed by atoms with Crippen LogP contribution in [-0.2, 0) is 38.5 Å². The Morgan fingerprint density at radius 1 is 0.139 bits per heavy atom. The number of aryl methyl sites for hydroxylation is 12. The molecule has 26 aromatic rings. The van der Waals surface area contributed by atoms with E-state index in [1.54, 1.807) is 0 Å². The second-order valence-electron chi connectivity index (χ2n) is 34.7. The Hall–Kier alpha value is -13.5. The SMILES string of the molecule is CCc1cc(C)c2ccc3cccc4ccc1c2c34.CCc1cc2ccc3cc(C)cc4ccc(c1)c2c34.CCc1ccc2c3ccc(C)c4cccc(c5cccc1c52)c43.CCc1ccc2c3cccc4c(C)ccc(c5cccc1c52)c43.CCc1ccc2ccc3c(C)ccc4ccc1c2c43.CCc1ccc2ccc3ccc(C)c4ccc1c2c34. The Balaban J connectivity index is 0.0000000904. The Labute approximate surface area is 714 Å². The monoisotopic (exact) mass is 1560 g/mol. The van der Waals surface area contributed by atoms with E-state index < -0.39 is 0 Å². The van der Waals surface area contributed by atoms with Crippen LogP contribution in [0.4, 0.5) is 0 Å². The molecule has 26 rings (SSSR count). The summed E-state index contributed by atoms with van der Waals surface area (Å²) >= 11 is 0. The van der Waals surface area contributed by atoms with E-state index in [0.29, 0.717) is 0 Å². The number of hydrogen-bond donors (Lipinski definition) is 0. The molecule has 0 atom stereocenters. The molecule has 0 N–H and O–H groups in total. The Morgan fingerprint density at radius 3 is 0.762 bits per heavy atom. The molecule has 0 aliphatic carbocycles. The van der Waals surface area contributed by atoms with E-state index in [9.17, 15) is 0 Å². The summed E-state index contributed by atoms with van der Waals surface area (Å²) in [7, 11) is 0. The van der Waals surface area contributed by atoms with Crippen molar-refractivity contribution < 1.29 is 0 Å². The molecular formula is C122H100. The van der Waals surface area contributed by atoms with Crippen molar-refractivity contribution in [3.63, 3.8) is 0 Å². The predicted octanol–water partition coefficient (Wildman–Crippen LogP) is 35.0. The maximum atomic E-state index is 2.35. The molecule has 0 saturated carbocycles. The molecule has 0 radical (unpaired) electrons. The summed E-state index contributed by atoms with van der Waals surface area (Å²) in [5, 5.41) is 55.8. The van der Waals surface area contributed by atoms with Crippen LogP contribution in [0.25, 0.3) is 215 Å². The maximum Gasteiger partial charge on any atom is -0.00214 e. The standard InChI is InChI=1S/2C23H18.4C19H16/c1-3-15-11-13-21-18-8-4-6-16-14(2)10-12-20(22(16)18)19-9-5-7-17(15)23(19)21;1-3-15-11-13-21-20-12-10-14(2)16-6-4-8-18(22(16)20)19-9-5-7-17(15)23(19)21;1-3-13-10-16-6-4-14-8-12(2)9-15-5-7-17(11-13)19(16)18(14)15;1-3-13-6-7-15-8-10-16-12(2)4-5-14-9-11-17(13)19(15)18(14)16;1-3-13-6-7-15-9-8-14-5-4-12(2)16-10-11-17(13)19(15)18(14)16;1-3-13-11-12(2)16-9-7-14-5-4-6-15-8-10-17(13)19(16)18(14)15/h2*4-13H,3H2,1-2H3;4*4-11H,3H2,1-2H3. The van der Waals surface area contributed by atoms with Crippen molar-refractivity contribution in [2.24, 2.45) is 0 Å². The number of benzene rings is 26. The van der Waals surface area contributed by atoms with Crippen LogP contribution in [0.1, 0.15) is 108 Å². The van der Waals surface area contributed by atoms with Gasteiger partial charge in [0.15, 0.2) is 0 Å². The van der Waals surface area contributed by atoms with Crippen LogP contribution in [0.15, 0.2) is 315 Å². The molecule has 122 heavy (non-hydrogen) atoms. The highest BCUT2D eigenvalue weighted by atomic mass is 14.2. The highest BCUT2D eigenvalue weighted by Crippen LogP contribution is 2.47. The normalized spacial score (nSPS) is 12.0. The molecule has 0 amide bonds. The van der Waals surface area contributed by atoms with E-state index in [1.807, 2.05) is 0 Å². The quantitative estimate of drug-likeness (QED) is 0.115. The number of hydrogen-bond acceptors (Lipinski definition) is 0. The molecule has 0 aliphatic rings. The minimum absolute atomic E-state index is 1.07. The Kier molecular flexibility index (Phi) is 18.9. The molecule has 0 aromatic heterocycles. The molecule has 0 nitrogen and oxygen atoms in total. The lowest BCUT2D eigenvalue weighted by Gasteiger charge is -2.16. The van der Waals surface area contributed by atoms with Gasteiger partial charge in [-0.2, -0.15) is 0 Å². The first-order valence-corrected chi connectivity index (χ1v) is 44.5. The molecule has 0 heterocycles. The van der Waals surface area contributed by atoms with Crippen LogP contribution in [0.2, 0.25) is 0 Å². The maximum absolute atomic E-state index is 2.35. The number of fused-ring (bicyclic) bond motifs is 4. The van der Waals surface area contributed by atoms with Gasteiger partial charge < -0.3 is 0 Å². The molecule has 0 spiro atoms. The fourth-order valence-electron chi connectivity index (χ4n) is 21.7. The predicted molar refractivity (Wildman–Crippen MR) is 541 cm³/mol. The molecule has 0 aliphatic heterocycles. The van der Waals surface area contributed by atoms with Crippen LogP contribution in [0, 0.1) is 41.5 Å². The third-order valence-electron chi connectivity index (χ3n) is 27.9. The average Bonchev–Trinajstić information content (AvgIpc) is 0.723. The first kappa shape index (κ1) is 75.9. The summed E-state index contributed by atoms with van der Waals surface area (Å²) < 4.78 is 0. The van der Waals surface area contributed by atoms with Crippen molar-refractivity contribution in [3.05, 3.63) is 382 Å². The summed E-state index contributed by atoms with van der Waals surface area (Å²) in [5.41, 5.74) is 16.8. The fraction of sp³-hybridized carbons (Fsp3) is 0.148. The zero-order valence-electron chi connectivity index (χ0n) is 72.3. The summed E-state index contributed by atoms with van der Waals surface area (Å²) in [6, 6.07) is 118. The van der Waals surface area contributed by atoms with Crippen molar-refractivity contribution in [1.82, 2.24) is 0 Å². The minimum Gasteiger partial charge on any atom is -0.0613 e. The first-order valence-electron chi connectivity index (χ1n) is 44.5. The Morgan fingerprint density at radius 2 is 0.361 bits per heavy atom.